The maximum Gasteiger partial charge on any atom is 0.356 e. The largest absolute Gasteiger partial charge is 0.496 e. The van der Waals surface area contributed by atoms with Crippen LogP contribution in [0.15, 0.2) is 54.7 Å². The van der Waals surface area contributed by atoms with E-state index in [9.17, 15) is 14.9 Å². The summed E-state index contributed by atoms with van der Waals surface area (Å²) in [5.41, 5.74) is 2.62. The van der Waals surface area contributed by atoms with E-state index in [0.717, 1.165) is 48.1 Å². The molecule has 0 unspecified atom stereocenters. The maximum atomic E-state index is 12.1. The van der Waals surface area contributed by atoms with Gasteiger partial charge in [-0.1, -0.05) is 18.2 Å². The molecule has 0 bridgehead atoms. The molecule has 1 aliphatic heterocycles. The SMILES string of the molecule is C1COCCN1.CCOC(=O)c1cc2c3ccccc3n(Cc3cc([N+](=O)[O-])ccc3OC)c2cn1. The number of nitrogens with zero attached hydrogens (tertiary/aromatic N) is 3. The number of hydrogen-bond acceptors (Lipinski definition) is 8. The molecule has 0 amide bonds. The summed E-state index contributed by atoms with van der Waals surface area (Å²) in [6.07, 6.45) is 1.63. The van der Waals surface area contributed by atoms with Crippen molar-refractivity contribution in [2.45, 2.75) is 13.5 Å². The number of pyridine rings is 1. The van der Waals surface area contributed by atoms with Crippen LogP contribution in [0.1, 0.15) is 23.0 Å². The summed E-state index contributed by atoms with van der Waals surface area (Å²) >= 11 is 0. The zero-order valence-corrected chi connectivity index (χ0v) is 20.2. The van der Waals surface area contributed by atoms with Crippen molar-refractivity contribution in [3.05, 3.63) is 76.1 Å². The minimum atomic E-state index is -0.475. The molecule has 1 fully saturated rings. The highest BCUT2D eigenvalue weighted by atomic mass is 16.6. The van der Waals surface area contributed by atoms with Crippen molar-refractivity contribution in [2.75, 3.05) is 40.0 Å². The number of nitro benzene ring substituents is 1. The fourth-order valence-corrected chi connectivity index (χ4v) is 4.12. The first kappa shape index (κ1) is 25.1. The second-order valence-corrected chi connectivity index (χ2v) is 8.03. The Labute approximate surface area is 207 Å². The van der Waals surface area contributed by atoms with E-state index < -0.39 is 10.9 Å². The number of rotatable bonds is 6. The Bertz CT molecular complexity index is 1370. The number of fused-ring (bicyclic) bond motifs is 3. The van der Waals surface area contributed by atoms with Gasteiger partial charge in [-0.15, -0.1) is 0 Å². The highest BCUT2D eigenvalue weighted by molar-refractivity contribution is 6.09. The molecular weight excluding hydrogens is 464 g/mol. The van der Waals surface area contributed by atoms with Gasteiger partial charge >= 0.3 is 5.97 Å². The average Bonchev–Trinajstić information content (AvgIpc) is 3.23. The number of nitrogens with one attached hydrogen (secondary N) is 1. The van der Waals surface area contributed by atoms with Crippen LogP contribution in [-0.4, -0.2) is 60.5 Å². The molecule has 1 N–H and O–H groups in total. The van der Waals surface area contributed by atoms with Crippen LogP contribution in [0.2, 0.25) is 0 Å². The number of methoxy groups -OCH3 is 1. The van der Waals surface area contributed by atoms with E-state index in [0.29, 0.717) is 17.9 Å². The molecule has 2 aromatic heterocycles. The summed E-state index contributed by atoms with van der Waals surface area (Å²) in [7, 11) is 1.53. The molecule has 0 radical (unpaired) electrons. The second kappa shape index (κ2) is 11.6. The maximum absolute atomic E-state index is 12.1. The molecule has 10 nitrogen and oxygen atoms in total. The Morgan fingerprint density at radius 2 is 1.92 bits per heavy atom. The number of hydrogen-bond donors (Lipinski definition) is 1. The van der Waals surface area contributed by atoms with Crippen LogP contribution in [-0.2, 0) is 16.0 Å². The van der Waals surface area contributed by atoms with Gasteiger partial charge in [0.15, 0.2) is 0 Å². The van der Waals surface area contributed by atoms with E-state index in [1.807, 2.05) is 28.8 Å². The molecule has 3 heterocycles. The van der Waals surface area contributed by atoms with E-state index in [1.165, 1.54) is 19.2 Å². The van der Waals surface area contributed by atoms with Crippen LogP contribution in [0, 0.1) is 10.1 Å². The zero-order valence-electron chi connectivity index (χ0n) is 20.2. The number of carbonyl (C=O) groups excluding carboxylic acids is 1. The Hall–Kier alpha value is -4.02. The number of nitro groups is 1. The minimum Gasteiger partial charge on any atom is -0.496 e. The average molecular weight is 493 g/mol. The molecule has 4 aromatic rings. The lowest BCUT2D eigenvalue weighted by Gasteiger charge is -2.11. The van der Waals surface area contributed by atoms with Gasteiger partial charge in [0, 0.05) is 47.1 Å². The molecule has 5 rings (SSSR count). The van der Waals surface area contributed by atoms with Crippen LogP contribution in [0.5, 0.6) is 5.75 Å². The van der Waals surface area contributed by atoms with Crippen molar-refractivity contribution in [2.24, 2.45) is 0 Å². The fraction of sp³-hybridized carbons (Fsp3) is 0.308. The van der Waals surface area contributed by atoms with Crippen molar-refractivity contribution in [3.8, 4) is 5.75 Å². The lowest BCUT2D eigenvalue weighted by Crippen LogP contribution is -2.30. The van der Waals surface area contributed by atoms with Crippen molar-refractivity contribution >= 4 is 33.5 Å². The second-order valence-electron chi connectivity index (χ2n) is 8.03. The summed E-state index contributed by atoms with van der Waals surface area (Å²) < 4.78 is 17.5. The van der Waals surface area contributed by atoms with Crippen molar-refractivity contribution in [3.63, 3.8) is 0 Å². The molecule has 0 atom stereocenters. The first-order valence-electron chi connectivity index (χ1n) is 11.7. The number of non-ortho nitro benzene ring substituents is 1. The quantitative estimate of drug-likeness (QED) is 0.244. The van der Waals surface area contributed by atoms with E-state index in [2.05, 4.69) is 10.3 Å². The predicted molar refractivity (Wildman–Crippen MR) is 136 cm³/mol. The summed E-state index contributed by atoms with van der Waals surface area (Å²) in [5, 5.41) is 16.2. The van der Waals surface area contributed by atoms with Gasteiger partial charge in [-0.05, 0) is 25.1 Å². The number of para-hydroxylation sites is 1. The first-order valence-corrected chi connectivity index (χ1v) is 11.7. The number of esters is 1. The number of aromatic nitrogens is 2. The van der Waals surface area contributed by atoms with Crippen LogP contribution < -0.4 is 10.1 Å². The van der Waals surface area contributed by atoms with E-state index in [4.69, 9.17) is 14.2 Å². The van der Waals surface area contributed by atoms with Crippen molar-refractivity contribution in [1.29, 1.82) is 0 Å². The molecular formula is C26H28N4O6. The summed E-state index contributed by atoms with van der Waals surface area (Å²) in [6, 6.07) is 14.0. The standard InChI is InChI=1S/C22H19N3O5.C4H9NO/c1-3-30-22(26)18-11-17-16-6-4-5-7-19(16)24(20(17)12-23-18)13-14-10-15(25(27)28)8-9-21(14)29-2;1-3-6-4-2-5-1/h4-12H,3,13H2,1-2H3;5H,1-4H2. The van der Waals surface area contributed by atoms with Gasteiger partial charge in [-0.25, -0.2) is 9.78 Å². The van der Waals surface area contributed by atoms with Crippen LogP contribution in [0.4, 0.5) is 5.69 Å². The number of ether oxygens (including phenoxy) is 3. The lowest BCUT2D eigenvalue weighted by atomic mass is 10.1. The molecule has 1 aliphatic rings. The van der Waals surface area contributed by atoms with Crippen molar-refractivity contribution < 1.29 is 23.9 Å². The zero-order chi connectivity index (χ0) is 25.5. The number of morpholine rings is 1. The van der Waals surface area contributed by atoms with E-state index in [-0.39, 0.29) is 18.0 Å². The summed E-state index contributed by atoms with van der Waals surface area (Å²) in [6.45, 7) is 6.19. The molecule has 36 heavy (non-hydrogen) atoms. The van der Waals surface area contributed by atoms with Crippen LogP contribution >= 0.6 is 0 Å². The Kier molecular flexibility index (Phi) is 8.09. The number of benzene rings is 2. The third-order valence-electron chi connectivity index (χ3n) is 5.79. The van der Waals surface area contributed by atoms with Crippen LogP contribution in [0.3, 0.4) is 0 Å². The first-order chi connectivity index (χ1) is 17.5. The Morgan fingerprint density at radius 3 is 2.56 bits per heavy atom. The summed E-state index contributed by atoms with van der Waals surface area (Å²) in [5.74, 6) is 0.0826. The molecule has 10 heteroatoms. The minimum absolute atomic E-state index is 0.00529. The predicted octanol–water partition coefficient (Wildman–Crippen LogP) is 3.94. The smallest absolute Gasteiger partial charge is 0.356 e. The lowest BCUT2D eigenvalue weighted by molar-refractivity contribution is -0.384. The normalized spacial score (nSPS) is 13.2. The highest BCUT2D eigenvalue weighted by Crippen LogP contribution is 2.32. The van der Waals surface area contributed by atoms with Gasteiger partial charge < -0.3 is 24.1 Å². The van der Waals surface area contributed by atoms with Gasteiger partial charge in [0.2, 0.25) is 0 Å². The summed E-state index contributed by atoms with van der Waals surface area (Å²) in [4.78, 5) is 27.2. The van der Waals surface area contributed by atoms with E-state index in [1.54, 1.807) is 25.3 Å². The monoisotopic (exact) mass is 492 g/mol. The Morgan fingerprint density at radius 1 is 1.14 bits per heavy atom. The topological polar surface area (TPSA) is 118 Å². The molecule has 2 aromatic carbocycles. The molecule has 1 saturated heterocycles. The Balaban J connectivity index is 0.000000445. The van der Waals surface area contributed by atoms with Gasteiger partial charge in [-0.3, -0.25) is 10.1 Å². The van der Waals surface area contributed by atoms with Crippen LogP contribution in [0.25, 0.3) is 21.8 Å². The highest BCUT2D eigenvalue weighted by Gasteiger charge is 2.18. The van der Waals surface area contributed by atoms with Gasteiger partial charge in [0.05, 0.1) is 50.1 Å². The van der Waals surface area contributed by atoms with Gasteiger partial charge in [0.25, 0.3) is 5.69 Å². The molecule has 0 saturated carbocycles. The molecule has 0 spiro atoms. The number of carbonyl (C=O) groups is 1. The fourth-order valence-electron chi connectivity index (χ4n) is 4.12. The third-order valence-corrected chi connectivity index (χ3v) is 5.79. The van der Waals surface area contributed by atoms with Gasteiger partial charge in [0.1, 0.15) is 11.4 Å². The van der Waals surface area contributed by atoms with E-state index >= 15 is 0 Å². The molecule has 0 aliphatic carbocycles. The van der Waals surface area contributed by atoms with Gasteiger partial charge in [-0.2, -0.15) is 0 Å². The molecule has 188 valence electrons. The third kappa shape index (κ3) is 5.45. The van der Waals surface area contributed by atoms with Crippen molar-refractivity contribution in [1.82, 2.24) is 14.9 Å².